The Morgan fingerprint density at radius 1 is 1.28 bits per heavy atom. The van der Waals surface area contributed by atoms with Gasteiger partial charge in [0.1, 0.15) is 5.60 Å². The van der Waals surface area contributed by atoms with Crippen LogP contribution in [0.3, 0.4) is 0 Å². The Bertz CT molecular complexity index is 597. The van der Waals surface area contributed by atoms with Gasteiger partial charge in [0.05, 0.1) is 12.1 Å². The summed E-state index contributed by atoms with van der Waals surface area (Å²) in [6.07, 6.45) is 9.06. The van der Waals surface area contributed by atoms with Crippen LogP contribution in [0, 0.1) is 0 Å². The zero-order valence-electron chi connectivity index (χ0n) is 14.9. The van der Waals surface area contributed by atoms with Gasteiger partial charge in [-0.3, -0.25) is 9.78 Å². The first-order valence-corrected chi connectivity index (χ1v) is 9.31. The second kappa shape index (κ2) is 7.85. The van der Waals surface area contributed by atoms with E-state index in [4.69, 9.17) is 4.74 Å². The predicted molar refractivity (Wildman–Crippen MR) is 94.3 cm³/mol. The van der Waals surface area contributed by atoms with Crippen molar-refractivity contribution in [3.63, 3.8) is 0 Å². The van der Waals surface area contributed by atoms with Gasteiger partial charge in [0.2, 0.25) is 0 Å². The lowest BCUT2D eigenvalue weighted by Crippen LogP contribution is -2.48. The molecule has 1 spiro atoms. The van der Waals surface area contributed by atoms with Gasteiger partial charge in [0.15, 0.2) is 0 Å². The summed E-state index contributed by atoms with van der Waals surface area (Å²) in [4.78, 5) is 32.3. The number of likely N-dealkylation sites (tertiary alicyclic amines) is 1. The van der Waals surface area contributed by atoms with Crippen molar-refractivity contribution in [1.29, 1.82) is 0 Å². The molecule has 25 heavy (non-hydrogen) atoms. The van der Waals surface area contributed by atoms with E-state index in [1.807, 2.05) is 9.80 Å². The molecule has 0 unspecified atom stereocenters. The highest BCUT2D eigenvalue weighted by atomic mass is 16.6. The molecule has 0 aliphatic carbocycles. The molecule has 2 amide bonds. The standard InChI is InChI=1S/C19H27N3O3/c1-2-3-4-5-11-22-15-19(25-18(22)24)8-12-21(13-9-19)17(23)16-7-6-10-20-14-16/h6-7,10,14H,2-5,8-9,11-13,15H2,1H3. The third kappa shape index (κ3) is 4.11. The second-order valence-corrected chi connectivity index (χ2v) is 7.07. The smallest absolute Gasteiger partial charge is 0.410 e. The zero-order chi connectivity index (χ0) is 17.7. The minimum atomic E-state index is -0.409. The average Bonchev–Trinajstić information content (AvgIpc) is 2.95. The number of aromatic nitrogens is 1. The lowest BCUT2D eigenvalue weighted by atomic mass is 9.91. The number of piperidine rings is 1. The first-order valence-electron chi connectivity index (χ1n) is 9.31. The quantitative estimate of drug-likeness (QED) is 0.743. The molecule has 3 rings (SSSR count). The largest absolute Gasteiger partial charge is 0.441 e. The first kappa shape index (κ1) is 17.7. The molecule has 136 valence electrons. The van der Waals surface area contributed by atoms with Gasteiger partial charge >= 0.3 is 6.09 Å². The summed E-state index contributed by atoms with van der Waals surface area (Å²) in [7, 11) is 0. The molecule has 0 N–H and O–H groups in total. The van der Waals surface area contributed by atoms with Crippen LogP contribution >= 0.6 is 0 Å². The highest BCUT2D eigenvalue weighted by Crippen LogP contribution is 2.33. The molecule has 2 aliphatic rings. The van der Waals surface area contributed by atoms with E-state index in [2.05, 4.69) is 11.9 Å². The van der Waals surface area contributed by atoms with Gasteiger partial charge in [0.25, 0.3) is 5.91 Å². The number of carbonyl (C=O) groups excluding carboxylic acids is 2. The molecule has 2 saturated heterocycles. The molecule has 0 saturated carbocycles. The molecule has 3 heterocycles. The highest BCUT2D eigenvalue weighted by molar-refractivity contribution is 5.94. The van der Waals surface area contributed by atoms with Crippen LogP contribution in [0.15, 0.2) is 24.5 Å². The summed E-state index contributed by atoms with van der Waals surface area (Å²) >= 11 is 0. The molecule has 0 atom stereocenters. The third-order valence-electron chi connectivity index (χ3n) is 5.19. The molecule has 1 aromatic rings. The zero-order valence-corrected chi connectivity index (χ0v) is 14.9. The van der Waals surface area contributed by atoms with E-state index >= 15 is 0 Å². The number of pyridine rings is 1. The van der Waals surface area contributed by atoms with Crippen molar-refractivity contribution < 1.29 is 14.3 Å². The number of rotatable bonds is 6. The van der Waals surface area contributed by atoms with Gasteiger partial charge in [-0.25, -0.2) is 4.79 Å². The Labute approximate surface area is 149 Å². The lowest BCUT2D eigenvalue weighted by Gasteiger charge is -2.37. The maximum absolute atomic E-state index is 12.5. The Morgan fingerprint density at radius 3 is 2.76 bits per heavy atom. The Hall–Kier alpha value is -2.11. The third-order valence-corrected chi connectivity index (χ3v) is 5.19. The Kier molecular flexibility index (Phi) is 5.56. The summed E-state index contributed by atoms with van der Waals surface area (Å²) in [5.41, 5.74) is 0.201. The van der Waals surface area contributed by atoms with Crippen molar-refractivity contribution in [3.8, 4) is 0 Å². The number of hydrogen-bond acceptors (Lipinski definition) is 4. The molecule has 1 aromatic heterocycles. The van der Waals surface area contributed by atoms with Gasteiger partial charge in [-0.05, 0) is 18.6 Å². The summed E-state index contributed by atoms with van der Waals surface area (Å²) in [6.45, 7) is 4.85. The van der Waals surface area contributed by atoms with Crippen molar-refractivity contribution in [2.45, 2.75) is 51.0 Å². The van der Waals surface area contributed by atoms with Gasteiger partial charge in [-0.2, -0.15) is 0 Å². The molecule has 0 radical (unpaired) electrons. The van der Waals surface area contributed by atoms with Gasteiger partial charge < -0.3 is 14.5 Å². The van der Waals surface area contributed by atoms with E-state index < -0.39 is 5.60 Å². The van der Waals surface area contributed by atoms with Gasteiger partial charge in [0, 0.05) is 44.9 Å². The topological polar surface area (TPSA) is 62.7 Å². The van der Waals surface area contributed by atoms with E-state index in [-0.39, 0.29) is 12.0 Å². The van der Waals surface area contributed by atoms with Crippen LogP contribution in [0.1, 0.15) is 55.8 Å². The van der Waals surface area contributed by atoms with Crippen LogP contribution in [-0.2, 0) is 4.74 Å². The van der Waals surface area contributed by atoms with Gasteiger partial charge in [-0.15, -0.1) is 0 Å². The summed E-state index contributed by atoms with van der Waals surface area (Å²) in [6, 6.07) is 3.56. The fourth-order valence-corrected chi connectivity index (χ4v) is 3.64. The van der Waals surface area contributed by atoms with Crippen LogP contribution in [-0.4, -0.2) is 58.6 Å². The number of amides is 2. The Morgan fingerprint density at radius 2 is 2.08 bits per heavy atom. The van der Waals surface area contributed by atoms with Crippen LogP contribution in [0.4, 0.5) is 4.79 Å². The number of hydrogen-bond donors (Lipinski definition) is 0. The second-order valence-electron chi connectivity index (χ2n) is 7.07. The maximum atomic E-state index is 12.5. The van der Waals surface area contributed by atoms with E-state index in [1.54, 1.807) is 24.5 Å². The summed E-state index contributed by atoms with van der Waals surface area (Å²) < 4.78 is 5.73. The SMILES string of the molecule is CCCCCCN1CC2(CCN(C(=O)c3cccnc3)CC2)OC1=O. The summed E-state index contributed by atoms with van der Waals surface area (Å²) in [5.74, 6) is 0.00342. The molecule has 2 aliphatic heterocycles. The van der Waals surface area contributed by atoms with E-state index in [0.29, 0.717) is 38.0 Å². The van der Waals surface area contributed by atoms with Crippen LogP contribution in [0.2, 0.25) is 0 Å². The van der Waals surface area contributed by atoms with E-state index in [9.17, 15) is 9.59 Å². The molecule has 6 nitrogen and oxygen atoms in total. The molecule has 6 heteroatoms. The molecular formula is C19H27N3O3. The fourth-order valence-electron chi connectivity index (χ4n) is 3.64. The molecule has 0 bridgehead atoms. The monoisotopic (exact) mass is 345 g/mol. The maximum Gasteiger partial charge on any atom is 0.410 e. The minimum absolute atomic E-state index is 0.00342. The molecule has 0 aromatic carbocycles. The van der Waals surface area contributed by atoms with Crippen molar-refractivity contribution >= 4 is 12.0 Å². The lowest BCUT2D eigenvalue weighted by molar-refractivity contribution is 0.00312. The fraction of sp³-hybridized carbons (Fsp3) is 0.632. The van der Waals surface area contributed by atoms with E-state index in [0.717, 1.165) is 19.4 Å². The van der Waals surface area contributed by atoms with Crippen molar-refractivity contribution in [2.75, 3.05) is 26.2 Å². The minimum Gasteiger partial charge on any atom is -0.441 e. The Balaban J connectivity index is 1.51. The van der Waals surface area contributed by atoms with Gasteiger partial charge in [-0.1, -0.05) is 26.2 Å². The van der Waals surface area contributed by atoms with E-state index in [1.165, 1.54) is 12.8 Å². The highest BCUT2D eigenvalue weighted by Gasteiger charge is 2.47. The van der Waals surface area contributed by atoms with Crippen molar-refractivity contribution in [2.24, 2.45) is 0 Å². The molecular weight excluding hydrogens is 318 g/mol. The van der Waals surface area contributed by atoms with Crippen molar-refractivity contribution in [1.82, 2.24) is 14.8 Å². The molecule has 2 fully saturated rings. The summed E-state index contributed by atoms with van der Waals surface area (Å²) in [5, 5.41) is 0. The van der Waals surface area contributed by atoms with Crippen LogP contribution < -0.4 is 0 Å². The average molecular weight is 345 g/mol. The first-order chi connectivity index (χ1) is 12.1. The number of unbranched alkanes of at least 4 members (excludes halogenated alkanes) is 3. The number of ether oxygens (including phenoxy) is 1. The predicted octanol–water partition coefficient (Wildman–Crippen LogP) is 3.09. The number of nitrogens with zero attached hydrogens (tertiary/aromatic N) is 3. The number of carbonyl (C=O) groups is 2. The van der Waals surface area contributed by atoms with Crippen LogP contribution in [0.25, 0.3) is 0 Å². The normalized spacial score (nSPS) is 19.3. The van der Waals surface area contributed by atoms with Crippen LogP contribution in [0.5, 0.6) is 0 Å². The van der Waals surface area contributed by atoms with Crippen molar-refractivity contribution in [3.05, 3.63) is 30.1 Å².